The summed E-state index contributed by atoms with van der Waals surface area (Å²) in [7, 11) is 0. The predicted octanol–water partition coefficient (Wildman–Crippen LogP) is 2.94. The Kier molecular flexibility index (Phi) is 4.49. The summed E-state index contributed by atoms with van der Waals surface area (Å²) in [6.45, 7) is 10.6. The first-order valence-corrected chi connectivity index (χ1v) is 7.13. The van der Waals surface area contributed by atoms with Crippen molar-refractivity contribution in [3.8, 4) is 0 Å². The van der Waals surface area contributed by atoms with Crippen LogP contribution >= 0.6 is 0 Å². The van der Waals surface area contributed by atoms with Crippen molar-refractivity contribution in [3.05, 3.63) is 18.2 Å². The van der Waals surface area contributed by atoms with E-state index < -0.39 is 0 Å². The molecular formula is C15H24N4O. The summed E-state index contributed by atoms with van der Waals surface area (Å²) in [5.74, 6) is 0. The molecule has 0 amide bonds. The van der Waals surface area contributed by atoms with Gasteiger partial charge in [-0.25, -0.2) is 0 Å². The first-order chi connectivity index (χ1) is 9.47. The van der Waals surface area contributed by atoms with Crippen molar-refractivity contribution in [1.29, 1.82) is 0 Å². The summed E-state index contributed by atoms with van der Waals surface area (Å²) in [5.41, 5.74) is 7.96. The van der Waals surface area contributed by atoms with Crippen LogP contribution < -0.4 is 11.1 Å². The molecule has 1 heterocycles. The molecule has 0 bridgehead atoms. The average molecular weight is 276 g/mol. The topological polar surface area (TPSA) is 67.3 Å². The molecule has 0 spiro atoms. The number of aromatic nitrogens is 1. The number of hydrogen-bond acceptors (Lipinski definition) is 5. The van der Waals surface area contributed by atoms with E-state index in [1.807, 2.05) is 12.1 Å². The van der Waals surface area contributed by atoms with Crippen LogP contribution in [0, 0.1) is 0 Å². The van der Waals surface area contributed by atoms with Gasteiger partial charge in [0.25, 0.3) is 6.01 Å². The molecule has 0 aliphatic rings. The summed E-state index contributed by atoms with van der Waals surface area (Å²) < 4.78 is 5.63. The van der Waals surface area contributed by atoms with Gasteiger partial charge in [0.2, 0.25) is 0 Å². The van der Waals surface area contributed by atoms with E-state index in [2.05, 4.69) is 42.9 Å². The molecule has 0 aliphatic carbocycles. The highest BCUT2D eigenvalue weighted by molar-refractivity contribution is 5.78. The van der Waals surface area contributed by atoms with Gasteiger partial charge in [-0.1, -0.05) is 0 Å². The zero-order valence-electron chi connectivity index (χ0n) is 12.7. The number of hydrogen-bond donors (Lipinski definition) is 2. The second-order valence-electron chi connectivity index (χ2n) is 5.60. The second kappa shape index (κ2) is 6.13. The molecule has 3 N–H and O–H groups in total. The average Bonchev–Trinajstić information content (AvgIpc) is 2.75. The van der Waals surface area contributed by atoms with Gasteiger partial charge < -0.3 is 15.5 Å². The zero-order valence-corrected chi connectivity index (χ0v) is 12.7. The Balaban J connectivity index is 1.95. The number of anilines is 2. The third-order valence-electron chi connectivity index (χ3n) is 3.39. The van der Waals surface area contributed by atoms with Crippen LogP contribution in [0.25, 0.3) is 11.1 Å². The maximum absolute atomic E-state index is 5.72. The molecule has 0 saturated heterocycles. The minimum Gasteiger partial charge on any atom is -0.423 e. The number of nitrogens with two attached hydrogens (primary N) is 1. The van der Waals surface area contributed by atoms with Gasteiger partial charge in [0, 0.05) is 36.9 Å². The fourth-order valence-corrected chi connectivity index (χ4v) is 2.42. The van der Waals surface area contributed by atoms with E-state index in [0.717, 1.165) is 24.2 Å². The Morgan fingerprint density at radius 2 is 1.95 bits per heavy atom. The molecule has 2 aromatic rings. The third-order valence-corrected chi connectivity index (χ3v) is 3.39. The molecular weight excluding hydrogens is 252 g/mol. The van der Waals surface area contributed by atoms with Crippen molar-refractivity contribution in [3.63, 3.8) is 0 Å². The number of benzene rings is 1. The van der Waals surface area contributed by atoms with E-state index in [9.17, 15) is 0 Å². The highest BCUT2D eigenvalue weighted by Gasteiger charge is 2.13. The lowest BCUT2D eigenvalue weighted by Crippen LogP contribution is -2.40. The van der Waals surface area contributed by atoms with Gasteiger partial charge in [0.05, 0.1) is 0 Å². The molecule has 0 atom stereocenters. The SMILES string of the molecule is CC(C)N(CCNc1nc2ccc(N)cc2o1)C(C)C. The Hall–Kier alpha value is -1.75. The molecule has 0 aliphatic heterocycles. The Labute approximate surface area is 120 Å². The first-order valence-electron chi connectivity index (χ1n) is 7.13. The van der Waals surface area contributed by atoms with Crippen molar-refractivity contribution < 1.29 is 4.42 Å². The smallest absolute Gasteiger partial charge is 0.295 e. The van der Waals surface area contributed by atoms with Crippen LogP contribution in [0.15, 0.2) is 22.6 Å². The van der Waals surface area contributed by atoms with E-state index in [1.165, 1.54) is 0 Å². The van der Waals surface area contributed by atoms with Crippen molar-refractivity contribution in [2.45, 2.75) is 39.8 Å². The maximum atomic E-state index is 5.72. The van der Waals surface area contributed by atoms with Crippen molar-refractivity contribution >= 4 is 22.8 Å². The van der Waals surface area contributed by atoms with E-state index in [1.54, 1.807) is 6.07 Å². The fourth-order valence-electron chi connectivity index (χ4n) is 2.42. The van der Waals surface area contributed by atoms with E-state index in [0.29, 0.717) is 23.8 Å². The number of fused-ring (bicyclic) bond motifs is 1. The lowest BCUT2D eigenvalue weighted by molar-refractivity contribution is 0.182. The van der Waals surface area contributed by atoms with Crippen LogP contribution in [0.3, 0.4) is 0 Å². The van der Waals surface area contributed by atoms with E-state index in [4.69, 9.17) is 10.2 Å². The predicted molar refractivity (Wildman–Crippen MR) is 83.9 cm³/mol. The van der Waals surface area contributed by atoms with Crippen LogP contribution in [0.1, 0.15) is 27.7 Å². The van der Waals surface area contributed by atoms with Gasteiger partial charge in [0.15, 0.2) is 5.58 Å². The van der Waals surface area contributed by atoms with E-state index >= 15 is 0 Å². The molecule has 5 heteroatoms. The molecule has 20 heavy (non-hydrogen) atoms. The van der Waals surface area contributed by atoms with Gasteiger partial charge in [0.1, 0.15) is 5.52 Å². The highest BCUT2D eigenvalue weighted by Crippen LogP contribution is 2.20. The first kappa shape index (κ1) is 14.7. The molecule has 110 valence electrons. The van der Waals surface area contributed by atoms with Crippen LogP contribution in [-0.4, -0.2) is 35.1 Å². The molecule has 2 rings (SSSR count). The molecule has 0 radical (unpaired) electrons. The van der Waals surface area contributed by atoms with Crippen molar-refractivity contribution in [1.82, 2.24) is 9.88 Å². The minimum atomic E-state index is 0.528. The van der Waals surface area contributed by atoms with E-state index in [-0.39, 0.29) is 0 Å². The number of nitrogen functional groups attached to an aromatic ring is 1. The van der Waals surface area contributed by atoms with Gasteiger partial charge in [-0.3, -0.25) is 4.90 Å². The zero-order chi connectivity index (χ0) is 14.7. The van der Waals surface area contributed by atoms with Gasteiger partial charge >= 0.3 is 0 Å². The molecule has 5 nitrogen and oxygen atoms in total. The molecule has 1 aromatic heterocycles. The van der Waals surface area contributed by atoms with Gasteiger partial charge in [-0.05, 0) is 39.8 Å². The lowest BCUT2D eigenvalue weighted by Gasteiger charge is -2.30. The Morgan fingerprint density at radius 1 is 1.25 bits per heavy atom. The minimum absolute atomic E-state index is 0.528. The standard InChI is InChI=1S/C15H24N4O/c1-10(2)19(11(3)4)8-7-17-15-18-13-6-5-12(16)9-14(13)20-15/h5-6,9-11H,7-8,16H2,1-4H3,(H,17,18). The summed E-state index contributed by atoms with van der Waals surface area (Å²) in [5, 5.41) is 3.23. The number of oxazole rings is 1. The number of rotatable bonds is 6. The Morgan fingerprint density at radius 3 is 2.60 bits per heavy atom. The summed E-state index contributed by atoms with van der Waals surface area (Å²) in [6.07, 6.45) is 0. The quantitative estimate of drug-likeness (QED) is 0.794. The normalized spacial score (nSPS) is 11.9. The lowest BCUT2D eigenvalue weighted by atomic mass is 10.2. The Bertz CT molecular complexity index is 554. The van der Waals surface area contributed by atoms with Gasteiger partial charge in [-0.15, -0.1) is 0 Å². The summed E-state index contributed by atoms with van der Waals surface area (Å²) in [6, 6.07) is 7.10. The molecule has 0 unspecified atom stereocenters. The molecule has 0 saturated carbocycles. The largest absolute Gasteiger partial charge is 0.423 e. The fraction of sp³-hybridized carbons (Fsp3) is 0.533. The third kappa shape index (κ3) is 3.42. The number of nitrogens with one attached hydrogen (secondary N) is 1. The molecule has 1 aromatic carbocycles. The van der Waals surface area contributed by atoms with Crippen LogP contribution in [0.5, 0.6) is 0 Å². The van der Waals surface area contributed by atoms with Gasteiger partial charge in [-0.2, -0.15) is 4.98 Å². The number of nitrogens with zero attached hydrogens (tertiary/aromatic N) is 2. The summed E-state index contributed by atoms with van der Waals surface area (Å²) >= 11 is 0. The van der Waals surface area contributed by atoms with Crippen LogP contribution in [0.2, 0.25) is 0 Å². The second-order valence-corrected chi connectivity index (χ2v) is 5.60. The van der Waals surface area contributed by atoms with Crippen molar-refractivity contribution in [2.24, 2.45) is 0 Å². The highest BCUT2D eigenvalue weighted by atomic mass is 16.4. The molecule has 0 fully saturated rings. The van der Waals surface area contributed by atoms with Crippen molar-refractivity contribution in [2.75, 3.05) is 24.1 Å². The van der Waals surface area contributed by atoms with Crippen LogP contribution in [-0.2, 0) is 0 Å². The summed E-state index contributed by atoms with van der Waals surface area (Å²) in [4.78, 5) is 6.81. The van der Waals surface area contributed by atoms with Crippen LogP contribution in [0.4, 0.5) is 11.7 Å². The maximum Gasteiger partial charge on any atom is 0.295 e. The monoisotopic (exact) mass is 276 g/mol.